The molecule has 0 aliphatic rings. The van der Waals surface area contributed by atoms with E-state index < -0.39 is 5.91 Å². The predicted molar refractivity (Wildman–Crippen MR) is 65.7 cm³/mol. The van der Waals surface area contributed by atoms with E-state index in [1.54, 1.807) is 6.07 Å². The van der Waals surface area contributed by atoms with Gasteiger partial charge in [-0.3, -0.25) is 10.2 Å². The van der Waals surface area contributed by atoms with Crippen molar-refractivity contribution in [3.8, 4) is 0 Å². The van der Waals surface area contributed by atoms with Gasteiger partial charge in [0.2, 0.25) is 0 Å². The van der Waals surface area contributed by atoms with Crippen LogP contribution in [0.15, 0.2) is 16.7 Å². The van der Waals surface area contributed by atoms with E-state index in [0.29, 0.717) is 25.4 Å². The van der Waals surface area contributed by atoms with Crippen molar-refractivity contribution in [3.05, 3.63) is 23.7 Å². The molecule has 0 unspecified atom stereocenters. The molecule has 0 spiro atoms. The van der Waals surface area contributed by atoms with E-state index in [1.165, 1.54) is 6.26 Å². The fourth-order valence-electron chi connectivity index (χ4n) is 1.36. The Hall–Kier alpha value is -1.37. The minimum atomic E-state index is -0.460. The molecule has 1 aromatic heterocycles. The first-order valence-corrected chi connectivity index (χ1v) is 6.02. The van der Waals surface area contributed by atoms with Gasteiger partial charge >= 0.3 is 5.91 Å². The number of unbranched alkanes of at least 4 members (excludes halogenated alkanes) is 1. The molecule has 0 aromatic carbocycles. The van der Waals surface area contributed by atoms with Crippen LogP contribution < -0.4 is 11.3 Å². The summed E-state index contributed by atoms with van der Waals surface area (Å²) in [4.78, 5) is 11.3. The summed E-state index contributed by atoms with van der Waals surface area (Å²) in [6, 6.07) is 1.68. The Bertz CT molecular complexity index is 352. The number of carbonyl (C=O) groups is 1. The molecular formula is C12H20N2O4. The van der Waals surface area contributed by atoms with E-state index in [0.717, 1.165) is 19.4 Å². The first-order valence-electron chi connectivity index (χ1n) is 6.02. The highest BCUT2D eigenvalue weighted by Crippen LogP contribution is 2.11. The summed E-state index contributed by atoms with van der Waals surface area (Å²) in [7, 11) is 0. The second-order valence-electron chi connectivity index (χ2n) is 3.77. The van der Waals surface area contributed by atoms with Crippen LogP contribution in [0.5, 0.6) is 0 Å². The zero-order valence-corrected chi connectivity index (χ0v) is 10.6. The molecule has 1 aromatic rings. The standard InChI is InChI=1S/C12H20N2O4/c1-2-3-5-16-7-8-17-9-10-4-6-18-11(10)12(15)14-13/h4,6H,2-3,5,7-9,13H2,1H3,(H,14,15). The Morgan fingerprint density at radius 1 is 1.39 bits per heavy atom. The summed E-state index contributed by atoms with van der Waals surface area (Å²) in [5.41, 5.74) is 2.69. The highest BCUT2D eigenvalue weighted by molar-refractivity contribution is 5.92. The van der Waals surface area contributed by atoms with Crippen LogP contribution in [0.1, 0.15) is 35.9 Å². The summed E-state index contributed by atoms with van der Waals surface area (Å²) in [5.74, 6) is 4.76. The average molecular weight is 256 g/mol. The number of nitrogens with two attached hydrogens (primary N) is 1. The Kier molecular flexibility index (Phi) is 7.09. The van der Waals surface area contributed by atoms with Gasteiger partial charge < -0.3 is 13.9 Å². The van der Waals surface area contributed by atoms with Gasteiger partial charge in [-0.05, 0) is 12.5 Å². The first-order chi connectivity index (χ1) is 8.79. The van der Waals surface area contributed by atoms with E-state index >= 15 is 0 Å². The zero-order chi connectivity index (χ0) is 13.2. The highest BCUT2D eigenvalue weighted by atomic mass is 16.5. The maximum Gasteiger partial charge on any atom is 0.301 e. The second-order valence-corrected chi connectivity index (χ2v) is 3.77. The van der Waals surface area contributed by atoms with Gasteiger partial charge in [0.05, 0.1) is 26.1 Å². The van der Waals surface area contributed by atoms with Gasteiger partial charge in [-0.1, -0.05) is 13.3 Å². The normalized spacial score (nSPS) is 10.6. The van der Waals surface area contributed by atoms with E-state index in [-0.39, 0.29) is 5.76 Å². The minimum absolute atomic E-state index is 0.185. The van der Waals surface area contributed by atoms with Gasteiger partial charge in [0, 0.05) is 12.2 Å². The number of hydrogen-bond acceptors (Lipinski definition) is 5. The lowest BCUT2D eigenvalue weighted by Crippen LogP contribution is -2.30. The Labute approximate surface area is 106 Å². The largest absolute Gasteiger partial charge is 0.459 e. The molecule has 1 amide bonds. The van der Waals surface area contributed by atoms with Crippen molar-refractivity contribution in [2.75, 3.05) is 19.8 Å². The number of nitrogen functional groups attached to an aromatic ring is 1. The third-order valence-electron chi connectivity index (χ3n) is 2.36. The number of furan rings is 1. The van der Waals surface area contributed by atoms with Crippen molar-refractivity contribution in [1.29, 1.82) is 0 Å². The van der Waals surface area contributed by atoms with Crippen LogP contribution in [0.2, 0.25) is 0 Å². The molecule has 6 heteroatoms. The highest BCUT2D eigenvalue weighted by Gasteiger charge is 2.13. The molecule has 0 aliphatic heterocycles. The molecule has 102 valence electrons. The summed E-state index contributed by atoms with van der Waals surface area (Å²) in [5, 5.41) is 0. The van der Waals surface area contributed by atoms with E-state index in [9.17, 15) is 4.79 Å². The fourth-order valence-corrected chi connectivity index (χ4v) is 1.36. The van der Waals surface area contributed by atoms with Crippen LogP contribution in [0.3, 0.4) is 0 Å². The number of rotatable bonds is 9. The number of carbonyl (C=O) groups excluding carboxylic acids is 1. The fraction of sp³-hybridized carbons (Fsp3) is 0.583. The van der Waals surface area contributed by atoms with Crippen molar-refractivity contribution in [2.24, 2.45) is 5.84 Å². The Balaban J connectivity index is 2.19. The quantitative estimate of drug-likeness (QED) is 0.300. The average Bonchev–Trinajstić information content (AvgIpc) is 2.85. The van der Waals surface area contributed by atoms with Gasteiger partial charge in [0.25, 0.3) is 0 Å². The van der Waals surface area contributed by atoms with Gasteiger partial charge in [-0.2, -0.15) is 0 Å². The molecule has 0 radical (unpaired) electrons. The third-order valence-corrected chi connectivity index (χ3v) is 2.36. The molecule has 3 N–H and O–H groups in total. The van der Waals surface area contributed by atoms with E-state index in [4.69, 9.17) is 19.7 Å². The van der Waals surface area contributed by atoms with Gasteiger partial charge in [-0.15, -0.1) is 0 Å². The smallest absolute Gasteiger partial charge is 0.301 e. The van der Waals surface area contributed by atoms with Crippen LogP contribution in [-0.2, 0) is 16.1 Å². The molecule has 0 saturated carbocycles. The maximum absolute atomic E-state index is 11.3. The number of ether oxygens (including phenoxy) is 2. The van der Waals surface area contributed by atoms with Gasteiger partial charge in [-0.25, -0.2) is 5.84 Å². The number of nitrogens with one attached hydrogen (secondary N) is 1. The third kappa shape index (κ3) is 4.87. The maximum atomic E-state index is 11.3. The molecule has 0 bridgehead atoms. The topological polar surface area (TPSA) is 86.7 Å². The minimum Gasteiger partial charge on any atom is -0.459 e. The molecule has 18 heavy (non-hydrogen) atoms. The zero-order valence-electron chi connectivity index (χ0n) is 10.6. The molecular weight excluding hydrogens is 236 g/mol. The lowest BCUT2D eigenvalue weighted by Gasteiger charge is -2.05. The predicted octanol–water partition coefficient (Wildman–Crippen LogP) is 1.22. The van der Waals surface area contributed by atoms with Crippen LogP contribution >= 0.6 is 0 Å². The molecule has 1 heterocycles. The van der Waals surface area contributed by atoms with Crippen molar-refractivity contribution < 1.29 is 18.7 Å². The van der Waals surface area contributed by atoms with Crippen LogP contribution in [-0.4, -0.2) is 25.7 Å². The molecule has 0 aliphatic carbocycles. The SMILES string of the molecule is CCCCOCCOCc1ccoc1C(=O)NN. The van der Waals surface area contributed by atoms with Crippen molar-refractivity contribution in [1.82, 2.24) is 5.43 Å². The molecule has 6 nitrogen and oxygen atoms in total. The van der Waals surface area contributed by atoms with Gasteiger partial charge in [0.1, 0.15) is 0 Å². The van der Waals surface area contributed by atoms with Crippen molar-refractivity contribution in [3.63, 3.8) is 0 Å². The number of amides is 1. The molecule has 1 rings (SSSR count). The van der Waals surface area contributed by atoms with Crippen molar-refractivity contribution >= 4 is 5.91 Å². The van der Waals surface area contributed by atoms with E-state index in [2.05, 4.69) is 6.92 Å². The summed E-state index contributed by atoms with van der Waals surface area (Å²) >= 11 is 0. The Morgan fingerprint density at radius 3 is 2.89 bits per heavy atom. The number of hydrazine groups is 1. The second kappa shape index (κ2) is 8.68. The lowest BCUT2D eigenvalue weighted by molar-refractivity contribution is 0.0391. The first kappa shape index (κ1) is 14.7. The monoisotopic (exact) mass is 256 g/mol. The summed E-state index contributed by atoms with van der Waals surface area (Å²) < 4.78 is 15.8. The van der Waals surface area contributed by atoms with Crippen LogP contribution in [0, 0.1) is 0 Å². The van der Waals surface area contributed by atoms with Crippen molar-refractivity contribution in [2.45, 2.75) is 26.4 Å². The Morgan fingerprint density at radius 2 is 2.17 bits per heavy atom. The van der Waals surface area contributed by atoms with Gasteiger partial charge in [0.15, 0.2) is 5.76 Å². The molecule has 0 atom stereocenters. The molecule has 0 saturated heterocycles. The van der Waals surface area contributed by atoms with Crippen LogP contribution in [0.4, 0.5) is 0 Å². The molecule has 0 fully saturated rings. The van der Waals surface area contributed by atoms with Crippen LogP contribution in [0.25, 0.3) is 0 Å². The lowest BCUT2D eigenvalue weighted by atomic mass is 10.2. The van der Waals surface area contributed by atoms with E-state index in [1.807, 2.05) is 5.43 Å². The summed E-state index contributed by atoms with van der Waals surface area (Å²) in [6.45, 7) is 4.21. The number of hydrogen-bond donors (Lipinski definition) is 2. The summed E-state index contributed by atoms with van der Waals surface area (Å²) in [6.07, 6.45) is 3.61.